The Bertz CT molecular complexity index is 236. The van der Waals surface area contributed by atoms with Crippen molar-refractivity contribution in [2.45, 2.75) is 12.3 Å². The molecule has 1 aliphatic rings. The Hall–Kier alpha value is -0.680. The van der Waals surface area contributed by atoms with E-state index in [4.69, 9.17) is 0 Å². The first-order valence-corrected chi connectivity index (χ1v) is 4.55. The third-order valence-corrected chi connectivity index (χ3v) is 2.22. The SMILES string of the molecule is C=CCNC(=O)C1CCNCC1(F)F.Cl. The molecule has 6 heteroatoms. The molecule has 1 saturated heterocycles. The summed E-state index contributed by atoms with van der Waals surface area (Å²) in [5.41, 5.74) is 0. The van der Waals surface area contributed by atoms with E-state index in [0.29, 0.717) is 6.54 Å². The van der Waals surface area contributed by atoms with Crippen LogP contribution in [0, 0.1) is 5.92 Å². The molecule has 15 heavy (non-hydrogen) atoms. The van der Waals surface area contributed by atoms with Gasteiger partial charge in [-0.05, 0) is 13.0 Å². The van der Waals surface area contributed by atoms with Gasteiger partial charge in [-0.25, -0.2) is 8.78 Å². The van der Waals surface area contributed by atoms with Gasteiger partial charge in [-0.15, -0.1) is 19.0 Å². The molecule has 0 spiro atoms. The van der Waals surface area contributed by atoms with Gasteiger partial charge in [-0.1, -0.05) is 6.08 Å². The lowest BCUT2D eigenvalue weighted by Gasteiger charge is -2.30. The number of carbonyl (C=O) groups is 1. The Balaban J connectivity index is 0.00000196. The van der Waals surface area contributed by atoms with Crippen LogP contribution < -0.4 is 10.6 Å². The van der Waals surface area contributed by atoms with Gasteiger partial charge in [-0.2, -0.15) is 0 Å². The molecule has 0 bridgehead atoms. The summed E-state index contributed by atoms with van der Waals surface area (Å²) >= 11 is 0. The normalized spacial score (nSPS) is 23.7. The maximum Gasteiger partial charge on any atom is 0.271 e. The molecule has 1 amide bonds. The number of amides is 1. The number of piperidine rings is 1. The highest BCUT2D eigenvalue weighted by Gasteiger charge is 2.45. The van der Waals surface area contributed by atoms with Crippen molar-refractivity contribution in [2.24, 2.45) is 5.92 Å². The molecule has 1 rings (SSSR count). The highest BCUT2D eigenvalue weighted by atomic mass is 35.5. The van der Waals surface area contributed by atoms with Crippen molar-refractivity contribution < 1.29 is 13.6 Å². The first kappa shape index (κ1) is 14.3. The highest BCUT2D eigenvalue weighted by molar-refractivity contribution is 5.85. The summed E-state index contributed by atoms with van der Waals surface area (Å²) in [6, 6.07) is 0. The maximum atomic E-state index is 13.2. The second kappa shape index (κ2) is 6.02. The molecular weight excluding hydrogens is 226 g/mol. The van der Waals surface area contributed by atoms with Crippen molar-refractivity contribution in [2.75, 3.05) is 19.6 Å². The standard InChI is InChI=1S/C9H14F2N2O.ClH/c1-2-4-13-8(14)7-3-5-12-6-9(7,10)11;/h2,7,12H,1,3-6H2,(H,13,14);1H. The van der Waals surface area contributed by atoms with Gasteiger partial charge in [0, 0.05) is 6.54 Å². The fourth-order valence-corrected chi connectivity index (χ4v) is 1.45. The lowest BCUT2D eigenvalue weighted by Crippen LogP contribution is -2.52. The van der Waals surface area contributed by atoms with Crippen molar-refractivity contribution in [1.82, 2.24) is 10.6 Å². The first-order valence-electron chi connectivity index (χ1n) is 4.55. The lowest BCUT2D eigenvalue weighted by molar-refractivity contribution is -0.142. The van der Waals surface area contributed by atoms with Crippen LogP contribution in [-0.4, -0.2) is 31.5 Å². The summed E-state index contributed by atoms with van der Waals surface area (Å²) in [6.45, 7) is 3.68. The monoisotopic (exact) mass is 240 g/mol. The molecule has 1 fully saturated rings. The quantitative estimate of drug-likeness (QED) is 0.722. The van der Waals surface area contributed by atoms with E-state index in [9.17, 15) is 13.6 Å². The fraction of sp³-hybridized carbons (Fsp3) is 0.667. The van der Waals surface area contributed by atoms with Crippen molar-refractivity contribution in [3.05, 3.63) is 12.7 Å². The average Bonchev–Trinajstić information content (AvgIpc) is 2.13. The highest BCUT2D eigenvalue weighted by Crippen LogP contribution is 2.29. The van der Waals surface area contributed by atoms with E-state index in [-0.39, 0.29) is 25.4 Å². The number of hydrogen-bond donors (Lipinski definition) is 2. The Labute approximate surface area is 93.7 Å². The van der Waals surface area contributed by atoms with Crippen LogP contribution in [0.4, 0.5) is 8.78 Å². The van der Waals surface area contributed by atoms with Crippen LogP contribution in [0.3, 0.4) is 0 Å². The Morgan fingerprint density at radius 2 is 2.33 bits per heavy atom. The van der Waals surface area contributed by atoms with Gasteiger partial charge in [0.15, 0.2) is 0 Å². The number of alkyl halides is 2. The molecule has 0 aromatic rings. The van der Waals surface area contributed by atoms with Gasteiger partial charge >= 0.3 is 0 Å². The molecule has 0 radical (unpaired) electrons. The molecule has 1 unspecified atom stereocenters. The van der Waals surface area contributed by atoms with Crippen LogP contribution in [0.15, 0.2) is 12.7 Å². The summed E-state index contributed by atoms with van der Waals surface area (Å²) in [5.74, 6) is -4.73. The molecule has 1 atom stereocenters. The number of halogens is 3. The smallest absolute Gasteiger partial charge is 0.271 e. The molecule has 0 saturated carbocycles. The summed E-state index contributed by atoms with van der Waals surface area (Å²) in [6.07, 6.45) is 1.65. The minimum Gasteiger partial charge on any atom is -0.352 e. The average molecular weight is 241 g/mol. The molecule has 3 nitrogen and oxygen atoms in total. The zero-order valence-corrected chi connectivity index (χ0v) is 9.08. The van der Waals surface area contributed by atoms with Gasteiger partial charge < -0.3 is 10.6 Å². The summed E-state index contributed by atoms with van der Waals surface area (Å²) in [7, 11) is 0. The summed E-state index contributed by atoms with van der Waals surface area (Å²) in [5, 5.41) is 4.96. The van der Waals surface area contributed by atoms with Crippen LogP contribution in [0.5, 0.6) is 0 Å². The predicted octanol–water partition coefficient (Wildman–Crippen LogP) is 0.955. The first-order chi connectivity index (χ1) is 6.58. The molecule has 1 heterocycles. The zero-order chi connectivity index (χ0) is 10.6. The lowest BCUT2D eigenvalue weighted by atomic mass is 9.93. The van der Waals surface area contributed by atoms with Gasteiger partial charge in [0.1, 0.15) is 5.92 Å². The number of hydrogen-bond acceptors (Lipinski definition) is 2. The minimum absolute atomic E-state index is 0. The van der Waals surface area contributed by atoms with Crippen LogP contribution in [0.2, 0.25) is 0 Å². The van der Waals surface area contributed by atoms with E-state index in [0.717, 1.165) is 0 Å². The maximum absolute atomic E-state index is 13.2. The second-order valence-electron chi connectivity index (χ2n) is 3.31. The Morgan fingerprint density at radius 1 is 1.67 bits per heavy atom. The molecule has 0 aromatic carbocycles. The molecule has 1 aliphatic heterocycles. The second-order valence-corrected chi connectivity index (χ2v) is 3.31. The molecule has 0 aliphatic carbocycles. The van der Waals surface area contributed by atoms with Crippen LogP contribution in [-0.2, 0) is 4.79 Å². The minimum atomic E-state index is -2.94. The third kappa shape index (κ3) is 3.76. The number of rotatable bonds is 3. The topological polar surface area (TPSA) is 41.1 Å². The van der Waals surface area contributed by atoms with Crippen LogP contribution in [0.1, 0.15) is 6.42 Å². The van der Waals surface area contributed by atoms with E-state index in [1.54, 1.807) is 0 Å². The molecule has 2 N–H and O–H groups in total. The predicted molar refractivity (Wildman–Crippen MR) is 56.4 cm³/mol. The van der Waals surface area contributed by atoms with Crippen molar-refractivity contribution >= 4 is 18.3 Å². The number of carbonyl (C=O) groups excluding carboxylic acids is 1. The van der Waals surface area contributed by atoms with Gasteiger partial charge in [0.25, 0.3) is 5.92 Å². The van der Waals surface area contributed by atoms with E-state index in [1.165, 1.54) is 6.08 Å². The molecule has 0 aromatic heterocycles. The fourth-order valence-electron chi connectivity index (χ4n) is 1.45. The van der Waals surface area contributed by atoms with Crippen molar-refractivity contribution in [3.63, 3.8) is 0 Å². The van der Waals surface area contributed by atoms with E-state index < -0.39 is 24.3 Å². The third-order valence-electron chi connectivity index (χ3n) is 2.22. The Kier molecular flexibility index (Phi) is 5.75. The van der Waals surface area contributed by atoms with E-state index in [2.05, 4.69) is 17.2 Å². The van der Waals surface area contributed by atoms with Gasteiger partial charge in [-0.3, -0.25) is 4.79 Å². The van der Waals surface area contributed by atoms with Crippen molar-refractivity contribution in [3.8, 4) is 0 Å². The van der Waals surface area contributed by atoms with E-state index >= 15 is 0 Å². The molecule has 88 valence electrons. The zero-order valence-electron chi connectivity index (χ0n) is 8.26. The molecular formula is C9H15ClF2N2O. The van der Waals surface area contributed by atoms with Gasteiger partial charge in [0.2, 0.25) is 5.91 Å². The summed E-state index contributed by atoms with van der Waals surface area (Å²) < 4.78 is 26.4. The van der Waals surface area contributed by atoms with Gasteiger partial charge in [0.05, 0.1) is 6.54 Å². The van der Waals surface area contributed by atoms with Crippen molar-refractivity contribution in [1.29, 1.82) is 0 Å². The van der Waals surface area contributed by atoms with Crippen LogP contribution in [0.25, 0.3) is 0 Å². The van der Waals surface area contributed by atoms with Crippen LogP contribution >= 0.6 is 12.4 Å². The van der Waals surface area contributed by atoms with E-state index in [1.807, 2.05) is 0 Å². The Morgan fingerprint density at radius 3 is 2.87 bits per heavy atom. The number of nitrogens with one attached hydrogen (secondary N) is 2. The summed E-state index contributed by atoms with van der Waals surface area (Å²) in [4.78, 5) is 11.3. The largest absolute Gasteiger partial charge is 0.352 e.